The zero-order valence-corrected chi connectivity index (χ0v) is 6.19. The second-order valence-corrected chi connectivity index (χ2v) is 4.23. The van der Waals surface area contributed by atoms with Crippen LogP contribution in [-0.2, 0) is 15.6 Å². The molecular formula is C6H7NO2S. The maximum absolute atomic E-state index is 11.1. The average Bonchev–Trinajstić information content (AvgIpc) is 2.12. The fourth-order valence-electron chi connectivity index (χ4n) is 1.25. The molecule has 0 aromatic carbocycles. The van der Waals surface area contributed by atoms with Gasteiger partial charge in [0.1, 0.15) is 5.37 Å². The van der Waals surface area contributed by atoms with E-state index in [1.165, 1.54) is 0 Å². The number of nitrogens with zero attached hydrogens (tertiary/aromatic N) is 1. The average molecular weight is 157 g/mol. The molecule has 0 aliphatic carbocycles. The number of amides is 1. The van der Waals surface area contributed by atoms with Gasteiger partial charge in [-0.2, -0.15) is 0 Å². The number of hydrogen-bond acceptors (Lipinski definition) is 2. The Labute approximate surface area is 61.2 Å². The molecular weight excluding hydrogens is 150 g/mol. The smallest absolute Gasteiger partial charge is 0.226 e. The minimum absolute atomic E-state index is 0.0278. The molecule has 2 atom stereocenters. The number of carbonyl (C=O) groups is 1. The van der Waals surface area contributed by atoms with Gasteiger partial charge < -0.3 is 4.90 Å². The first-order valence-electron chi connectivity index (χ1n) is 3.08. The molecule has 10 heavy (non-hydrogen) atoms. The molecule has 2 aliphatic rings. The highest BCUT2D eigenvalue weighted by Gasteiger charge is 2.46. The summed E-state index contributed by atoms with van der Waals surface area (Å²) in [7, 11) is -0.966. The van der Waals surface area contributed by atoms with Gasteiger partial charge in [-0.3, -0.25) is 9.00 Å². The van der Waals surface area contributed by atoms with Crippen molar-refractivity contribution in [2.45, 2.75) is 11.8 Å². The highest BCUT2D eigenvalue weighted by atomic mass is 32.2. The van der Waals surface area contributed by atoms with Gasteiger partial charge in [0, 0.05) is 4.91 Å². The number of carbonyl (C=O) groups excluding carboxylic acids is 1. The van der Waals surface area contributed by atoms with E-state index in [1.807, 2.05) is 0 Å². The highest BCUT2D eigenvalue weighted by molar-refractivity contribution is 7.90. The largest absolute Gasteiger partial charge is 0.322 e. The third kappa shape index (κ3) is 0.546. The molecule has 0 aromatic heterocycles. The van der Waals surface area contributed by atoms with Crippen LogP contribution in [0.2, 0.25) is 0 Å². The number of hydrogen-bond donors (Lipinski definition) is 0. The van der Waals surface area contributed by atoms with E-state index in [2.05, 4.69) is 6.58 Å². The van der Waals surface area contributed by atoms with Crippen molar-refractivity contribution in [1.29, 1.82) is 0 Å². The monoisotopic (exact) mass is 157 g/mol. The van der Waals surface area contributed by atoms with Crippen molar-refractivity contribution < 1.29 is 9.00 Å². The Balaban J connectivity index is 2.28. The van der Waals surface area contributed by atoms with E-state index in [0.717, 1.165) is 0 Å². The molecule has 3 nitrogen and oxygen atoms in total. The molecule has 1 unspecified atom stereocenters. The van der Waals surface area contributed by atoms with Crippen molar-refractivity contribution >= 4 is 16.7 Å². The van der Waals surface area contributed by atoms with Gasteiger partial charge in [0.05, 0.1) is 23.8 Å². The SMILES string of the molecule is C=C1CN2C(=O)C[C@H]2S1=O. The first kappa shape index (κ1) is 6.09. The molecule has 0 N–H and O–H groups in total. The summed E-state index contributed by atoms with van der Waals surface area (Å²) in [4.78, 5) is 13.1. The Bertz CT molecular complexity index is 248. The van der Waals surface area contributed by atoms with Crippen LogP contribution in [0, 0.1) is 0 Å². The van der Waals surface area contributed by atoms with Gasteiger partial charge in [-0.15, -0.1) is 0 Å². The number of β-lactam (4-membered cyclic amide) rings is 1. The van der Waals surface area contributed by atoms with Gasteiger partial charge >= 0.3 is 0 Å². The van der Waals surface area contributed by atoms with E-state index in [0.29, 0.717) is 17.9 Å². The summed E-state index contributed by atoms with van der Waals surface area (Å²) < 4.78 is 11.1. The number of rotatable bonds is 0. The first-order valence-corrected chi connectivity index (χ1v) is 4.29. The van der Waals surface area contributed by atoms with Crippen molar-refractivity contribution in [3.05, 3.63) is 11.5 Å². The minimum atomic E-state index is -0.966. The van der Waals surface area contributed by atoms with Gasteiger partial charge in [0.25, 0.3) is 0 Å². The second-order valence-electron chi connectivity index (χ2n) is 2.52. The van der Waals surface area contributed by atoms with Crippen LogP contribution in [0.5, 0.6) is 0 Å². The van der Waals surface area contributed by atoms with Gasteiger partial charge in [0.15, 0.2) is 0 Å². The van der Waals surface area contributed by atoms with Crippen LogP contribution in [0.15, 0.2) is 11.5 Å². The molecule has 2 fully saturated rings. The summed E-state index contributed by atoms with van der Waals surface area (Å²) >= 11 is 0. The van der Waals surface area contributed by atoms with Crippen molar-refractivity contribution in [1.82, 2.24) is 4.90 Å². The maximum atomic E-state index is 11.1. The molecule has 0 bridgehead atoms. The lowest BCUT2D eigenvalue weighted by Crippen LogP contribution is -2.49. The van der Waals surface area contributed by atoms with Crippen molar-refractivity contribution in [2.75, 3.05) is 6.54 Å². The standard InChI is InChI=1S/C6H7NO2S/c1-4-3-7-5(8)2-6(7)10(4)9/h6H,1-3H2/t6-,10?/m1/s1. The van der Waals surface area contributed by atoms with Gasteiger partial charge in [-0.25, -0.2) is 0 Å². The van der Waals surface area contributed by atoms with Crippen LogP contribution >= 0.6 is 0 Å². The Kier molecular flexibility index (Phi) is 1.03. The third-order valence-electron chi connectivity index (χ3n) is 1.90. The van der Waals surface area contributed by atoms with Crippen LogP contribution in [0.3, 0.4) is 0 Å². The van der Waals surface area contributed by atoms with E-state index in [9.17, 15) is 9.00 Å². The predicted octanol–water partition coefficient (Wildman–Crippen LogP) is -0.179. The fraction of sp³-hybridized carbons (Fsp3) is 0.500. The van der Waals surface area contributed by atoms with Gasteiger partial charge in [-0.05, 0) is 0 Å². The fourth-order valence-corrected chi connectivity index (χ4v) is 2.62. The van der Waals surface area contributed by atoms with Crippen LogP contribution in [0.1, 0.15) is 6.42 Å². The van der Waals surface area contributed by atoms with Crippen LogP contribution in [-0.4, -0.2) is 26.9 Å². The molecule has 0 aromatic rings. The molecule has 0 spiro atoms. The molecule has 2 heterocycles. The lowest BCUT2D eigenvalue weighted by Gasteiger charge is -2.31. The first-order chi connectivity index (χ1) is 4.70. The zero-order valence-electron chi connectivity index (χ0n) is 5.37. The van der Waals surface area contributed by atoms with E-state index < -0.39 is 10.8 Å². The molecule has 0 radical (unpaired) electrons. The molecule has 1 amide bonds. The van der Waals surface area contributed by atoms with E-state index in [4.69, 9.17) is 0 Å². The van der Waals surface area contributed by atoms with E-state index in [-0.39, 0.29) is 11.3 Å². The third-order valence-corrected chi connectivity index (χ3v) is 3.51. The Morgan fingerprint density at radius 1 is 1.70 bits per heavy atom. The van der Waals surface area contributed by atoms with E-state index >= 15 is 0 Å². The topological polar surface area (TPSA) is 37.4 Å². The van der Waals surface area contributed by atoms with Crippen LogP contribution in [0.25, 0.3) is 0 Å². The molecule has 0 saturated carbocycles. The van der Waals surface area contributed by atoms with Crippen molar-refractivity contribution in [3.63, 3.8) is 0 Å². The predicted molar refractivity (Wildman–Crippen MR) is 37.4 cm³/mol. The Morgan fingerprint density at radius 2 is 2.40 bits per heavy atom. The summed E-state index contributed by atoms with van der Waals surface area (Å²) in [6.07, 6.45) is 0.450. The van der Waals surface area contributed by atoms with Crippen molar-refractivity contribution in [3.8, 4) is 0 Å². The second kappa shape index (κ2) is 1.69. The molecule has 54 valence electrons. The summed E-state index contributed by atoms with van der Waals surface area (Å²) in [5, 5.41) is -0.0278. The van der Waals surface area contributed by atoms with E-state index in [1.54, 1.807) is 4.90 Å². The van der Waals surface area contributed by atoms with Gasteiger partial charge in [-0.1, -0.05) is 6.58 Å². The summed E-state index contributed by atoms with van der Waals surface area (Å²) in [6.45, 7) is 4.13. The molecule has 2 aliphatic heterocycles. The van der Waals surface area contributed by atoms with Crippen LogP contribution in [0.4, 0.5) is 0 Å². The summed E-state index contributed by atoms with van der Waals surface area (Å²) in [5.74, 6) is 0.108. The Morgan fingerprint density at radius 3 is 2.80 bits per heavy atom. The molecule has 2 rings (SSSR count). The quantitative estimate of drug-likeness (QED) is 0.457. The summed E-state index contributed by atoms with van der Waals surface area (Å²) in [6, 6.07) is 0. The maximum Gasteiger partial charge on any atom is 0.226 e. The minimum Gasteiger partial charge on any atom is -0.322 e. The molecule has 2 saturated heterocycles. The zero-order chi connectivity index (χ0) is 7.30. The Hall–Kier alpha value is -0.640. The van der Waals surface area contributed by atoms with Crippen LogP contribution < -0.4 is 0 Å². The highest BCUT2D eigenvalue weighted by Crippen LogP contribution is 2.32. The van der Waals surface area contributed by atoms with Crippen molar-refractivity contribution in [2.24, 2.45) is 0 Å². The summed E-state index contributed by atoms with van der Waals surface area (Å²) in [5.41, 5.74) is 0. The normalized spacial score (nSPS) is 37.8. The van der Waals surface area contributed by atoms with Gasteiger partial charge in [0.2, 0.25) is 5.91 Å². The lowest BCUT2D eigenvalue weighted by molar-refractivity contribution is -0.140. The number of fused-ring (bicyclic) bond motifs is 1. The molecule has 4 heteroatoms. The lowest BCUT2D eigenvalue weighted by atomic mass is 10.2.